The topological polar surface area (TPSA) is 38.0 Å². The Labute approximate surface area is 161 Å². The fourth-order valence-electron chi connectivity index (χ4n) is 2.35. The zero-order valence-electron chi connectivity index (χ0n) is 15.4. The van der Waals surface area contributed by atoms with E-state index in [4.69, 9.17) is 27.6 Å². The van der Waals surface area contributed by atoms with Crippen molar-refractivity contribution in [2.75, 3.05) is 6.61 Å². The third-order valence-electron chi connectivity index (χ3n) is 4.87. The molecule has 0 aliphatic rings. The van der Waals surface area contributed by atoms with Gasteiger partial charge in [0.05, 0.1) is 22.9 Å². The summed E-state index contributed by atoms with van der Waals surface area (Å²) in [5.41, 5.74) is 2.21. The molecule has 0 fully saturated rings. The number of hydrogen-bond donors (Lipinski definition) is 0. The van der Waals surface area contributed by atoms with Gasteiger partial charge in [0.1, 0.15) is 6.07 Å². The molecule has 0 saturated heterocycles. The molecule has 0 aliphatic heterocycles. The Hall–Kier alpha value is -1.25. The standard InChI is InChI=1S/C19H24Cl2N2OSi/c1-19(2,3)25(4,5)24-11-10-23-9-8-14(13-22)18(23)16-7-6-15(20)12-17(16)21/h6-9,12H,10-11H2,1-5H3. The molecule has 0 radical (unpaired) electrons. The average molecular weight is 395 g/mol. The highest BCUT2D eigenvalue weighted by Gasteiger charge is 2.36. The predicted octanol–water partition coefficient (Wildman–Crippen LogP) is 6.36. The molecule has 1 aromatic heterocycles. The Bertz CT molecular complexity index is 801. The first-order chi connectivity index (χ1) is 11.6. The van der Waals surface area contributed by atoms with Crippen LogP contribution >= 0.6 is 23.2 Å². The van der Waals surface area contributed by atoms with Gasteiger partial charge in [-0.05, 0) is 42.4 Å². The Kier molecular flexibility index (Phi) is 6.06. The van der Waals surface area contributed by atoms with Crippen LogP contribution in [0.3, 0.4) is 0 Å². The van der Waals surface area contributed by atoms with Crippen LogP contribution in [0.25, 0.3) is 11.3 Å². The predicted molar refractivity (Wildman–Crippen MR) is 108 cm³/mol. The summed E-state index contributed by atoms with van der Waals surface area (Å²) in [7, 11) is -1.80. The summed E-state index contributed by atoms with van der Waals surface area (Å²) in [4.78, 5) is 0. The average Bonchev–Trinajstić information content (AvgIpc) is 2.89. The number of halogens is 2. The third-order valence-corrected chi connectivity index (χ3v) is 9.96. The van der Waals surface area contributed by atoms with Crippen molar-refractivity contribution in [3.63, 3.8) is 0 Å². The number of nitrogens with zero attached hydrogens (tertiary/aromatic N) is 2. The molecule has 25 heavy (non-hydrogen) atoms. The van der Waals surface area contributed by atoms with E-state index in [1.54, 1.807) is 12.1 Å². The van der Waals surface area contributed by atoms with Crippen molar-refractivity contribution in [1.29, 1.82) is 5.26 Å². The van der Waals surface area contributed by atoms with E-state index in [1.807, 2.05) is 22.9 Å². The van der Waals surface area contributed by atoms with Gasteiger partial charge in [-0.25, -0.2) is 0 Å². The van der Waals surface area contributed by atoms with Crippen molar-refractivity contribution in [1.82, 2.24) is 4.57 Å². The van der Waals surface area contributed by atoms with Crippen LogP contribution in [0.5, 0.6) is 0 Å². The smallest absolute Gasteiger partial charge is 0.192 e. The van der Waals surface area contributed by atoms with Crippen molar-refractivity contribution in [3.05, 3.63) is 46.1 Å². The van der Waals surface area contributed by atoms with Gasteiger partial charge in [0.2, 0.25) is 0 Å². The molecule has 0 saturated carbocycles. The number of nitriles is 1. The molecule has 0 bridgehead atoms. The lowest BCUT2D eigenvalue weighted by molar-refractivity contribution is 0.272. The van der Waals surface area contributed by atoms with E-state index in [9.17, 15) is 5.26 Å². The quantitative estimate of drug-likeness (QED) is 0.553. The van der Waals surface area contributed by atoms with Crippen LogP contribution in [-0.4, -0.2) is 19.5 Å². The van der Waals surface area contributed by atoms with Crippen LogP contribution in [0.4, 0.5) is 0 Å². The maximum Gasteiger partial charge on any atom is 0.192 e. The molecular formula is C19H24Cl2N2OSi. The van der Waals surface area contributed by atoms with Crippen LogP contribution in [0.1, 0.15) is 26.3 Å². The fourth-order valence-corrected chi connectivity index (χ4v) is 3.88. The van der Waals surface area contributed by atoms with Crippen LogP contribution in [0.2, 0.25) is 28.2 Å². The van der Waals surface area contributed by atoms with Crippen molar-refractivity contribution in [2.24, 2.45) is 0 Å². The maximum absolute atomic E-state index is 9.44. The maximum atomic E-state index is 9.44. The first kappa shape index (κ1) is 20.1. The molecule has 3 nitrogen and oxygen atoms in total. The van der Waals surface area contributed by atoms with E-state index >= 15 is 0 Å². The van der Waals surface area contributed by atoms with Crippen LogP contribution in [0, 0.1) is 11.3 Å². The Morgan fingerprint density at radius 3 is 2.44 bits per heavy atom. The second-order valence-corrected chi connectivity index (χ2v) is 13.3. The largest absolute Gasteiger partial charge is 0.415 e. The zero-order chi connectivity index (χ0) is 18.8. The first-order valence-corrected chi connectivity index (χ1v) is 11.9. The lowest BCUT2D eigenvalue weighted by atomic mass is 10.1. The van der Waals surface area contributed by atoms with Gasteiger partial charge >= 0.3 is 0 Å². The second-order valence-electron chi connectivity index (χ2n) is 7.62. The molecule has 0 atom stereocenters. The Morgan fingerprint density at radius 1 is 1.20 bits per heavy atom. The lowest BCUT2D eigenvalue weighted by Crippen LogP contribution is -2.41. The fraction of sp³-hybridized carbons (Fsp3) is 0.421. The van der Waals surface area contributed by atoms with Crippen molar-refractivity contribution in [3.8, 4) is 17.3 Å². The number of rotatable bonds is 5. The molecule has 0 spiro atoms. The van der Waals surface area contributed by atoms with Crippen molar-refractivity contribution in [2.45, 2.75) is 45.4 Å². The normalized spacial score (nSPS) is 12.2. The lowest BCUT2D eigenvalue weighted by Gasteiger charge is -2.36. The summed E-state index contributed by atoms with van der Waals surface area (Å²) in [6, 6.07) is 9.39. The Morgan fingerprint density at radius 2 is 1.88 bits per heavy atom. The minimum Gasteiger partial charge on any atom is -0.415 e. The third kappa shape index (κ3) is 4.48. The number of aromatic nitrogens is 1. The van der Waals surface area contributed by atoms with Gasteiger partial charge in [-0.3, -0.25) is 0 Å². The molecule has 2 rings (SSSR count). The number of hydrogen-bond acceptors (Lipinski definition) is 2. The van der Waals surface area contributed by atoms with Crippen molar-refractivity contribution >= 4 is 31.5 Å². The molecule has 1 aromatic carbocycles. The molecule has 134 valence electrons. The van der Waals surface area contributed by atoms with E-state index in [0.29, 0.717) is 28.8 Å². The summed E-state index contributed by atoms with van der Waals surface area (Å²) in [5, 5.41) is 10.7. The van der Waals surface area contributed by atoms with Gasteiger partial charge in [0.15, 0.2) is 8.32 Å². The molecule has 6 heteroatoms. The minimum atomic E-state index is -1.80. The van der Waals surface area contributed by atoms with Gasteiger partial charge in [-0.15, -0.1) is 0 Å². The molecule has 1 heterocycles. The van der Waals surface area contributed by atoms with Crippen LogP contribution in [-0.2, 0) is 11.0 Å². The summed E-state index contributed by atoms with van der Waals surface area (Å²) in [6.45, 7) is 12.4. The zero-order valence-corrected chi connectivity index (χ0v) is 17.9. The molecule has 0 amide bonds. The summed E-state index contributed by atoms with van der Waals surface area (Å²) >= 11 is 12.4. The molecule has 0 N–H and O–H groups in total. The van der Waals surface area contributed by atoms with Gasteiger partial charge in [0.25, 0.3) is 0 Å². The van der Waals surface area contributed by atoms with Gasteiger partial charge in [0, 0.05) is 23.3 Å². The number of benzene rings is 1. The molecule has 2 aromatic rings. The summed E-state index contributed by atoms with van der Waals surface area (Å²) < 4.78 is 8.29. The monoisotopic (exact) mass is 394 g/mol. The van der Waals surface area contributed by atoms with E-state index < -0.39 is 8.32 Å². The van der Waals surface area contributed by atoms with Crippen molar-refractivity contribution < 1.29 is 4.43 Å². The van der Waals surface area contributed by atoms with Gasteiger partial charge in [-0.2, -0.15) is 5.26 Å². The van der Waals surface area contributed by atoms with E-state index in [-0.39, 0.29) is 5.04 Å². The summed E-state index contributed by atoms with van der Waals surface area (Å²) in [5.74, 6) is 0. The first-order valence-electron chi connectivity index (χ1n) is 8.25. The molecule has 0 unspecified atom stereocenters. The van der Waals surface area contributed by atoms with E-state index in [0.717, 1.165) is 11.3 Å². The second kappa shape index (κ2) is 7.55. The van der Waals surface area contributed by atoms with Gasteiger partial charge < -0.3 is 8.99 Å². The molecular weight excluding hydrogens is 371 g/mol. The van der Waals surface area contributed by atoms with Gasteiger partial charge in [-0.1, -0.05) is 44.0 Å². The van der Waals surface area contributed by atoms with E-state index in [1.165, 1.54) is 0 Å². The van der Waals surface area contributed by atoms with Crippen LogP contribution < -0.4 is 0 Å². The summed E-state index contributed by atoms with van der Waals surface area (Å²) in [6.07, 6.45) is 1.91. The van der Waals surface area contributed by atoms with E-state index in [2.05, 4.69) is 39.9 Å². The SMILES string of the molecule is CC(C)(C)[Si](C)(C)OCCn1ccc(C#N)c1-c1ccc(Cl)cc1Cl. The highest BCUT2D eigenvalue weighted by atomic mass is 35.5. The highest BCUT2D eigenvalue weighted by molar-refractivity contribution is 6.74. The molecule has 0 aliphatic carbocycles. The minimum absolute atomic E-state index is 0.170. The Balaban J connectivity index is 2.26. The highest BCUT2D eigenvalue weighted by Crippen LogP contribution is 2.37. The van der Waals surface area contributed by atoms with Crippen LogP contribution in [0.15, 0.2) is 30.5 Å².